The first-order chi connectivity index (χ1) is 19.0. The number of carbonyl (C=O) groups excluding carboxylic acids is 2. The first-order valence-corrected chi connectivity index (χ1v) is 13.1. The van der Waals surface area contributed by atoms with Crippen molar-refractivity contribution in [2.45, 2.75) is 38.0 Å². The number of urea groups is 1. The number of carbonyl (C=O) groups is 2. The van der Waals surface area contributed by atoms with Crippen LogP contribution in [0.2, 0.25) is 0 Å². The van der Waals surface area contributed by atoms with Gasteiger partial charge in [0.25, 0.3) is 0 Å². The second kappa shape index (κ2) is 13.2. The summed E-state index contributed by atoms with van der Waals surface area (Å²) in [5.41, 5.74) is 2.06. The van der Waals surface area contributed by atoms with Gasteiger partial charge in [-0.3, -0.25) is 4.90 Å². The number of benzene rings is 3. The maximum Gasteiger partial charge on any atom is 0.318 e. The monoisotopic (exact) mass is 531 g/mol. The lowest BCUT2D eigenvalue weighted by molar-refractivity contribution is -0.120. The Morgan fingerprint density at radius 2 is 1.46 bits per heavy atom. The van der Waals surface area contributed by atoms with Gasteiger partial charge in [-0.1, -0.05) is 42.5 Å². The van der Waals surface area contributed by atoms with E-state index in [1.165, 1.54) is 0 Å². The van der Waals surface area contributed by atoms with Crippen LogP contribution in [-0.2, 0) is 24.4 Å². The highest BCUT2D eigenvalue weighted by Gasteiger charge is 2.42. The van der Waals surface area contributed by atoms with Crippen molar-refractivity contribution in [3.8, 4) is 17.2 Å². The normalized spacial score (nSPS) is 14.7. The zero-order chi connectivity index (χ0) is 27.7. The molecule has 8 nitrogen and oxygen atoms in total. The predicted octanol–water partition coefficient (Wildman–Crippen LogP) is 4.66. The molecule has 0 bridgehead atoms. The molecule has 0 aromatic heterocycles. The highest BCUT2D eigenvalue weighted by molar-refractivity contribution is 5.81. The van der Waals surface area contributed by atoms with E-state index < -0.39 is 5.54 Å². The first kappa shape index (κ1) is 28.0. The topological polar surface area (TPSA) is 80.3 Å². The van der Waals surface area contributed by atoms with E-state index in [0.29, 0.717) is 45.6 Å². The van der Waals surface area contributed by atoms with Gasteiger partial charge >= 0.3 is 6.03 Å². The molecule has 0 aliphatic carbocycles. The molecular formula is C31H37N3O5. The maximum atomic E-state index is 13.6. The molecule has 1 aliphatic heterocycles. The number of hydrogen-bond donors (Lipinski definition) is 1. The summed E-state index contributed by atoms with van der Waals surface area (Å²) in [7, 11) is 4.89. The molecule has 1 heterocycles. The van der Waals surface area contributed by atoms with E-state index in [9.17, 15) is 9.59 Å². The Morgan fingerprint density at radius 1 is 0.846 bits per heavy atom. The van der Waals surface area contributed by atoms with E-state index in [0.717, 1.165) is 40.2 Å². The van der Waals surface area contributed by atoms with Crippen molar-refractivity contribution in [3.63, 3.8) is 0 Å². The van der Waals surface area contributed by atoms with Crippen LogP contribution >= 0.6 is 0 Å². The molecule has 0 unspecified atom stereocenters. The maximum absolute atomic E-state index is 13.6. The average molecular weight is 532 g/mol. The molecule has 8 heteroatoms. The van der Waals surface area contributed by atoms with Crippen LogP contribution in [0.5, 0.6) is 17.2 Å². The molecule has 0 spiro atoms. The van der Waals surface area contributed by atoms with Gasteiger partial charge in [0.2, 0.25) is 0 Å². The third-order valence-electron chi connectivity index (χ3n) is 7.30. The Bertz CT molecular complexity index is 1220. The van der Waals surface area contributed by atoms with Crippen LogP contribution in [0.1, 0.15) is 29.5 Å². The van der Waals surface area contributed by atoms with Gasteiger partial charge in [0, 0.05) is 38.8 Å². The third kappa shape index (κ3) is 7.09. The van der Waals surface area contributed by atoms with E-state index in [2.05, 4.69) is 10.2 Å². The van der Waals surface area contributed by atoms with Gasteiger partial charge < -0.3 is 29.2 Å². The molecule has 1 N–H and O–H groups in total. The molecule has 3 aromatic carbocycles. The minimum absolute atomic E-state index is 0.264. The van der Waals surface area contributed by atoms with E-state index in [-0.39, 0.29) is 6.03 Å². The quantitative estimate of drug-likeness (QED) is 0.363. The number of nitrogens with one attached hydrogen (secondary N) is 1. The Labute approximate surface area is 230 Å². The molecule has 1 aliphatic rings. The predicted molar refractivity (Wildman–Crippen MR) is 150 cm³/mol. The van der Waals surface area contributed by atoms with Crippen LogP contribution in [-0.4, -0.2) is 62.1 Å². The highest BCUT2D eigenvalue weighted by atomic mass is 16.5. The number of rotatable bonds is 11. The fourth-order valence-corrected chi connectivity index (χ4v) is 5.02. The molecule has 0 atom stereocenters. The zero-order valence-corrected chi connectivity index (χ0v) is 22.9. The van der Waals surface area contributed by atoms with E-state index in [4.69, 9.17) is 14.2 Å². The lowest BCUT2D eigenvalue weighted by Gasteiger charge is -2.45. The summed E-state index contributed by atoms with van der Waals surface area (Å²) in [6, 6.07) is 23.0. The van der Waals surface area contributed by atoms with Gasteiger partial charge in [-0.25, -0.2) is 4.79 Å². The van der Waals surface area contributed by atoms with Crippen LogP contribution in [0, 0.1) is 0 Å². The number of piperidine rings is 1. The second-order valence-electron chi connectivity index (χ2n) is 9.80. The van der Waals surface area contributed by atoms with Crippen molar-refractivity contribution in [3.05, 3.63) is 89.5 Å². The number of aldehydes is 1. The van der Waals surface area contributed by atoms with Crippen LogP contribution in [0.3, 0.4) is 0 Å². The minimum atomic E-state index is -0.906. The molecular weight excluding hydrogens is 494 g/mol. The number of ether oxygens (including phenoxy) is 3. The van der Waals surface area contributed by atoms with E-state index in [1.807, 2.05) is 72.8 Å². The number of methoxy groups -OCH3 is 3. The van der Waals surface area contributed by atoms with Crippen molar-refractivity contribution in [2.75, 3.05) is 34.4 Å². The number of hydrogen-bond acceptors (Lipinski definition) is 6. The van der Waals surface area contributed by atoms with Crippen molar-refractivity contribution >= 4 is 12.3 Å². The van der Waals surface area contributed by atoms with E-state index >= 15 is 0 Å². The van der Waals surface area contributed by atoms with Crippen molar-refractivity contribution < 1.29 is 23.8 Å². The summed E-state index contributed by atoms with van der Waals surface area (Å²) >= 11 is 0. The van der Waals surface area contributed by atoms with Gasteiger partial charge in [-0.05, 0) is 53.8 Å². The lowest BCUT2D eigenvalue weighted by Crippen LogP contribution is -2.60. The fraction of sp³-hybridized carbons (Fsp3) is 0.355. The lowest BCUT2D eigenvalue weighted by atomic mass is 9.86. The van der Waals surface area contributed by atoms with Crippen LogP contribution in [0.15, 0.2) is 72.8 Å². The largest absolute Gasteiger partial charge is 0.497 e. The molecule has 39 heavy (non-hydrogen) atoms. The summed E-state index contributed by atoms with van der Waals surface area (Å²) in [5.74, 6) is 2.21. The Hall–Kier alpha value is -4.04. The number of likely N-dealkylation sites (tertiary alicyclic amines) is 1. The smallest absolute Gasteiger partial charge is 0.318 e. The summed E-state index contributed by atoms with van der Waals surface area (Å²) in [5, 5.41) is 3.03. The second-order valence-corrected chi connectivity index (χ2v) is 9.80. The van der Waals surface area contributed by atoms with Crippen molar-refractivity contribution in [1.29, 1.82) is 0 Å². The molecule has 1 fully saturated rings. The number of amides is 2. The molecule has 0 radical (unpaired) electrons. The molecule has 2 amide bonds. The molecule has 4 rings (SSSR count). The summed E-state index contributed by atoms with van der Waals surface area (Å²) in [4.78, 5) is 30.4. The van der Waals surface area contributed by atoms with Crippen LogP contribution < -0.4 is 19.5 Å². The fourth-order valence-electron chi connectivity index (χ4n) is 5.02. The van der Waals surface area contributed by atoms with Crippen LogP contribution in [0.4, 0.5) is 4.79 Å². The number of nitrogens with zero attached hydrogens (tertiary/aromatic N) is 2. The van der Waals surface area contributed by atoms with Gasteiger partial charge in [-0.2, -0.15) is 0 Å². The SMILES string of the molecule is COc1cccc(CNC(=O)N(Cc2ccccc2)C2(C=O)CCN(Cc3cc(OC)cc(OC)c3)CC2)c1. The first-order valence-electron chi connectivity index (χ1n) is 13.1. The Balaban J connectivity index is 1.49. The van der Waals surface area contributed by atoms with Gasteiger partial charge in [-0.15, -0.1) is 0 Å². The van der Waals surface area contributed by atoms with Gasteiger partial charge in [0.1, 0.15) is 29.1 Å². The Kier molecular flexibility index (Phi) is 9.44. The van der Waals surface area contributed by atoms with Crippen molar-refractivity contribution in [1.82, 2.24) is 15.1 Å². The summed E-state index contributed by atoms with van der Waals surface area (Å²) in [6.45, 7) is 2.72. The average Bonchev–Trinajstić information content (AvgIpc) is 2.99. The third-order valence-corrected chi connectivity index (χ3v) is 7.30. The molecule has 1 saturated heterocycles. The summed E-state index contributed by atoms with van der Waals surface area (Å²) < 4.78 is 16.1. The van der Waals surface area contributed by atoms with Crippen molar-refractivity contribution in [2.24, 2.45) is 0 Å². The molecule has 206 valence electrons. The van der Waals surface area contributed by atoms with Gasteiger partial charge in [0.15, 0.2) is 0 Å². The van der Waals surface area contributed by atoms with Gasteiger partial charge in [0.05, 0.1) is 21.3 Å². The Morgan fingerprint density at radius 3 is 2.08 bits per heavy atom. The minimum Gasteiger partial charge on any atom is -0.497 e. The molecule has 0 saturated carbocycles. The zero-order valence-electron chi connectivity index (χ0n) is 22.9. The van der Waals surface area contributed by atoms with E-state index in [1.54, 1.807) is 26.2 Å². The molecule has 3 aromatic rings. The highest BCUT2D eigenvalue weighted by Crippen LogP contribution is 2.31. The standard InChI is InChI=1S/C31H37N3O5/c1-37-27-11-7-10-25(16-27)20-32-30(36)34(22-24-8-5-4-6-9-24)31(23-35)12-14-33(15-13-31)21-26-17-28(38-2)19-29(18-26)39-3/h4-11,16-19,23H,12-15,20-22H2,1-3H3,(H,32,36). The summed E-state index contributed by atoms with van der Waals surface area (Å²) in [6.07, 6.45) is 2.04. The van der Waals surface area contributed by atoms with Crippen LogP contribution in [0.25, 0.3) is 0 Å².